The number of para-hydroxylation sites is 1. The number of nitrogens with zero attached hydrogens (tertiary/aromatic N) is 3. The van der Waals surface area contributed by atoms with Crippen molar-refractivity contribution in [3.63, 3.8) is 0 Å². The van der Waals surface area contributed by atoms with Crippen LogP contribution in [0.15, 0.2) is 84.9 Å². The fourth-order valence-electron chi connectivity index (χ4n) is 4.45. The van der Waals surface area contributed by atoms with Crippen molar-refractivity contribution in [3.05, 3.63) is 96.3 Å². The van der Waals surface area contributed by atoms with Gasteiger partial charge in [0.2, 0.25) is 5.88 Å². The third kappa shape index (κ3) is 6.76. The van der Waals surface area contributed by atoms with Crippen molar-refractivity contribution in [2.75, 3.05) is 19.7 Å². The molecule has 0 saturated heterocycles. The third-order valence-corrected chi connectivity index (χ3v) is 6.40. The standard InChI is InChI=1S/C30H32FN3O3/c1-33-30(37-27-14-8-11-24(31)17-27)28(29(32-33)23-9-4-2-5-10-23)20-34(18-22-15-16-22)19-25(35)21-36-26-12-6-3-7-13-26/h2-14,17,22,25,35H,15-16,18-21H2,1H3. The van der Waals surface area contributed by atoms with Gasteiger partial charge in [0.05, 0.1) is 5.56 Å². The van der Waals surface area contributed by atoms with Crippen LogP contribution >= 0.6 is 0 Å². The molecule has 1 atom stereocenters. The topological polar surface area (TPSA) is 59.8 Å². The van der Waals surface area contributed by atoms with Crippen LogP contribution in [0.2, 0.25) is 0 Å². The predicted octanol–water partition coefficient (Wildman–Crippen LogP) is 5.67. The van der Waals surface area contributed by atoms with Crippen molar-refractivity contribution < 1.29 is 19.0 Å². The molecule has 6 nitrogen and oxygen atoms in total. The monoisotopic (exact) mass is 501 g/mol. The maximum absolute atomic E-state index is 13.9. The highest BCUT2D eigenvalue weighted by Crippen LogP contribution is 2.36. The molecule has 0 amide bonds. The molecule has 4 aromatic rings. The zero-order valence-electron chi connectivity index (χ0n) is 21.0. The fraction of sp³-hybridized carbons (Fsp3) is 0.300. The lowest BCUT2D eigenvalue weighted by Gasteiger charge is -2.25. The lowest BCUT2D eigenvalue weighted by atomic mass is 10.1. The van der Waals surface area contributed by atoms with Gasteiger partial charge in [0.25, 0.3) is 0 Å². The third-order valence-electron chi connectivity index (χ3n) is 6.40. The molecule has 0 aliphatic heterocycles. The second-order valence-corrected chi connectivity index (χ2v) is 9.60. The Balaban J connectivity index is 1.40. The SMILES string of the molecule is Cn1nc(-c2ccccc2)c(CN(CC(O)COc2ccccc2)CC2CC2)c1Oc1cccc(F)c1. The van der Waals surface area contributed by atoms with Crippen molar-refractivity contribution in [3.8, 4) is 28.6 Å². The van der Waals surface area contributed by atoms with Crippen molar-refractivity contribution in [1.82, 2.24) is 14.7 Å². The molecule has 1 heterocycles. The number of aromatic nitrogens is 2. The Morgan fingerprint density at radius 3 is 2.41 bits per heavy atom. The first-order chi connectivity index (χ1) is 18.0. The van der Waals surface area contributed by atoms with Crippen LogP contribution in [0.5, 0.6) is 17.4 Å². The first kappa shape index (κ1) is 25.0. The maximum atomic E-state index is 13.9. The molecule has 0 radical (unpaired) electrons. The van der Waals surface area contributed by atoms with E-state index in [1.165, 1.54) is 25.0 Å². The van der Waals surface area contributed by atoms with Crippen LogP contribution in [0.25, 0.3) is 11.3 Å². The van der Waals surface area contributed by atoms with E-state index in [0.717, 1.165) is 29.1 Å². The average Bonchev–Trinajstić information content (AvgIpc) is 3.68. The molecular formula is C30H32FN3O3. The number of aliphatic hydroxyl groups excluding tert-OH is 1. The summed E-state index contributed by atoms with van der Waals surface area (Å²) >= 11 is 0. The Morgan fingerprint density at radius 2 is 1.70 bits per heavy atom. The van der Waals surface area contributed by atoms with Gasteiger partial charge in [0, 0.05) is 38.3 Å². The highest BCUT2D eigenvalue weighted by molar-refractivity contribution is 5.65. The van der Waals surface area contributed by atoms with Crippen molar-refractivity contribution in [1.29, 1.82) is 0 Å². The summed E-state index contributed by atoms with van der Waals surface area (Å²) in [5.74, 6) is 1.96. The zero-order valence-corrected chi connectivity index (χ0v) is 21.0. The molecule has 37 heavy (non-hydrogen) atoms. The van der Waals surface area contributed by atoms with Gasteiger partial charge in [-0.05, 0) is 43.0 Å². The number of ether oxygens (including phenoxy) is 2. The lowest BCUT2D eigenvalue weighted by molar-refractivity contribution is 0.0637. The molecule has 0 spiro atoms. The van der Waals surface area contributed by atoms with Gasteiger partial charge in [-0.25, -0.2) is 9.07 Å². The molecule has 1 saturated carbocycles. The van der Waals surface area contributed by atoms with E-state index in [4.69, 9.17) is 14.6 Å². The minimum atomic E-state index is -0.664. The molecule has 1 aromatic heterocycles. The van der Waals surface area contributed by atoms with E-state index in [1.54, 1.807) is 16.8 Å². The minimum absolute atomic E-state index is 0.205. The van der Waals surface area contributed by atoms with Crippen LogP contribution < -0.4 is 9.47 Å². The summed E-state index contributed by atoms with van der Waals surface area (Å²) in [5, 5.41) is 15.6. The molecule has 7 heteroatoms. The lowest BCUT2D eigenvalue weighted by Crippen LogP contribution is -2.36. The van der Waals surface area contributed by atoms with Gasteiger partial charge in [0.15, 0.2) is 0 Å². The maximum Gasteiger partial charge on any atom is 0.222 e. The summed E-state index contributed by atoms with van der Waals surface area (Å²) in [4.78, 5) is 2.25. The predicted molar refractivity (Wildman–Crippen MR) is 141 cm³/mol. The number of aryl methyl sites for hydroxylation is 1. The molecule has 3 aromatic carbocycles. The van der Waals surface area contributed by atoms with Gasteiger partial charge in [-0.15, -0.1) is 0 Å². The fourth-order valence-corrected chi connectivity index (χ4v) is 4.45. The van der Waals surface area contributed by atoms with Crippen LogP contribution in [-0.2, 0) is 13.6 Å². The van der Waals surface area contributed by atoms with Gasteiger partial charge >= 0.3 is 0 Å². The van der Waals surface area contributed by atoms with Gasteiger partial charge in [-0.3, -0.25) is 4.90 Å². The molecule has 1 aliphatic rings. The summed E-state index contributed by atoms with van der Waals surface area (Å²) in [7, 11) is 1.83. The number of hydrogen-bond acceptors (Lipinski definition) is 5. The Labute approximate surface area is 216 Å². The second kappa shape index (κ2) is 11.6. The summed E-state index contributed by atoms with van der Waals surface area (Å²) in [6.07, 6.45) is 1.72. The number of hydrogen-bond donors (Lipinski definition) is 1. The molecule has 1 aliphatic carbocycles. The van der Waals surface area contributed by atoms with Crippen molar-refractivity contribution >= 4 is 0 Å². The van der Waals surface area contributed by atoms with Gasteiger partial charge in [-0.1, -0.05) is 54.6 Å². The summed E-state index contributed by atoms with van der Waals surface area (Å²) < 4.78 is 27.6. The van der Waals surface area contributed by atoms with Crippen molar-refractivity contribution in [2.45, 2.75) is 25.5 Å². The van der Waals surface area contributed by atoms with Gasteiger partial charge < -0.3 is 14.6 Å². The van der Waals surface area contributed by atoms with Crippen molar-refractivity contribution in [2.24, 2.45) is 13.0 Å². The Morgan fingerprint density at radius 1 is 1.00 bits per heavy atom. The van der Waals surface area contributed by atoms with Gasteiger partial charge in [-0.2, -0.15) is 5.10 Å². The van der Waals surface area contributed by atoms with Crippen LogP contribution in [-0.4, -0.2) is 45.6 Å². The Bertz CT molecular complexity index is 1290. The Hall–Kier alpha value is -3.68. The number of benzene rings is 3. The molecule has 192 valence electrons. The van der Waals surface area contributed by atoms with E-state index < -0.39 is 6.10 Å². The van der Waals surface area contributed by atoms with E-state index in [2.05, 4.69) is 4.90 Å². The quantitative estimate of drug-likeness (QED) is 0.271. The first-order valence-electron chi connectivity index (χ1n) is 12.7. The van der Waals surface area contributed by atoms with Crippen LogP contribution in [0, 0.1) is 11.7 Å². The number of rotatable bonds is 12. The largest absolute Gasteiger partial charge is 0.491 e. The van der Waals surface area contributed by atoms with E-state index in [0.29, 0.717) is 30.6 Å². The van der Waals surface area contributed by atoms with Crippen LogP contribution in [0.1, 0.15) is 18.4 Å². The van der Waals surface area contributed by atoms with E-state index >= 15 is 0 Å². The summed E-state index contributed by atoms with van der Waals surface area (Å²) in [6, 6.07) is 25.6. The first-order valence-corrected chi connectivity index (χ1v) is 12.7. The highest BCUT2D eigenvalue weighted by atomic mass is 19.1. The van der Waals surface area contributed by atoms with Crippen LogP contribution in [0.4, 0.5) is 4.39 Å². The molecule has 1 fully saturated rings. The number of halogens is 1. The Kier molecular flexibility index (Phi) is 7.82. The van der Waals surface area contributed by atoms with Crippen LogP contribution in [0.3, 0.4) is 0 Å². The minimum Gasteiger partial charge on any atom is -0.491 e. The number of aliphatic hydroxyl groups is 1. The van der Waals surface area contributed by atoms with E-state index in [-0.39, 0.29) is 12.4 Å². The highest BCUT2D eigenvalue weighted by Gasteiger charge is 2.28. The molecule has 5 rings (SSSR count). The smallest absolute Gasteiger partial charge is 0.222 e. The molecule has 1 N–H and O–H groups in total. The average molecular weight is 502 g/mol. The molecule has 1 unspecified atom stereocenters. The van der Waals surface area contributed by atoms with E-state index in [1.807, 2.05) is 67.7 Å². The van der Waals surface area contributed by atoms with E-state index in [9.17, 15) is 9.50 Å². The normalized spacial score (nSPS) is 14.1. The summed E-state index contributed by atoms with van der Waals surface area (Å²) in [5.41, 5.74) is 2.68. The molecular weight excluding hydrogens is 469 g/mol. The molecule has 0 bridgehead atoms. The second-order valence-electron chi connectivity index (χ2n) is 9.60. The zero-order chi connectivity index (χ0) is 25.6. The van der Waals surface area contributed by atoms with Gasteiger partial charge in [0.1, 0.15) is 35.7 Å². The summed E-state index contributed by atoms with van der Waals surface area (Å²) in [6.45, 7) is 2.05.